The van der Waals surface area contributed by atoms with Gasteiger partial charge in [0.15, 0.2) is 11.5 Å². The Morgan fingerprint density at radius 2 is 1.88 bits per heavy atom. The lowest BCUT2D eigenvalue weighted by atomic mass is 10.1. The first-order chi connectivity index (χ1) is 12.2. The Hall–Kier alpha value is -2.98. The van der Waals surface area contributed by atoms with Crippen molar-refractivity contribution in [2.75, 3.05) is 31.9 Å². The molecule has 1 aliphatic rings. The molecule has 0 spiro atoms. The highest BCUT2D eigenvalue weighted by atomic mass is 16.2. The highest BCUT2D eigenvalue weighted by molar-refractivity contribution is 5.96. The van der Waals surface area contributed by atoms with E-state index >= 15 is 0 Å². The van der Waals surface area contributed by atoms with Crippen LogP contribution in [0.15, 0.2) is 36.7 Å². The van der Waals surface area contributed by atoms with Crippen LogP contribution in [0, 0.1) is 11.3 Å². The highest BCUT2D eigenvalue weighted by Gasteiger charge is 2.23. The fourth-order valence-electron chi connectivity index (χ4n) is 2.94. The van der Waals surface area contributed by atoms with Crippen LogP contribution in [0.25, 0.3) is 0 Å². The third-order valence-corrected chi connectivity index (χ3v) is 4.29. The number of nitrogen functional groups attached to an aromatic ring is 1. The minimum Gasteiger partial charge on any atom is -0.382 e. The molecule has 0 bridgehead atoms. The Balaban J connectivity index is 1.61. The normalized spacial score (nSPS) is 15.4. The summed E-state index contributed by atoms with van der Waals surface area (Å²) < 4.78 is 0. The monoisotopic (exact) mass is 336 g/mol. The van der Waals surface area contributed by atoms with Crippen LogP contribution in [0.3, 0.4) is 0 Å². The molecule has 1 aromatic heterocycles. The molecule has 7 nitrogen and oxygen atoms in total. The molecule has 0 radical (unpaired) electrons. The number of hydrogen-bond acceptors (Lipinski definition) is 6. The van der Waals surface area contributed by atoms with E-state index in [1.165, 1.54) is 12.4 Å². The van der Waals surface area contributed by atoms with Crippen LogP contribution in [0.5, 0.6) is 0 Å². The Morgan fingerprint density at radius 3 is 2.60 bits per heavy atom. The van der Waals surface area contributed by atoms with Crippen LogP contribution in [0.1, 0.15) is 28.0 Å². The molecule has 1 aromatic carbocycles. The fraction of sp³-hybridized carbons (Fsp3) is 0.333. The largest absolute Gasteiger partial charge is 0.382 e. The van der Waals surface area contributed by atoms with Gasteiger partial charge in [0.05, 0.1) is 11.6 Å². The maximum absolute atomic E-state index is 12.6. The SMILES string of the molecule is N#Cc1ccc(CN2CCCN(C(=O)c3nccnc3N)CC2)cc1. The van der Waals surface area contributed by atoms with Crippen molar-refractivity contribution in [1.29, 1.82) is 5.26 Å². The smallest absolute Gasteiger partial charge is 0.276 e. The van der Waals surface area contributed by atoms with E-state index in [1.54, 1.807) is 4.90 Å². The fourth-order valence-corrected chi connectivity index (χ4v) is 2.94. The predicted molar refractivity (Wildman–Crippen MR) is 93.4 cm³/mol. The standard InChI is InChI=1S/C18H20N6O/c19-12-14-2-4-15(5-3-14)13-23-8-1-9-24(11-10-23)18(25)16-17(20)22-7-6-21-16/h2-7H,1,8-11,13H2,(H2,20,22). The summed E-state index contributed by atoms with van der Waals surface area (Å²) >= 11 is 0. The number of rotatable bonds is 3. The number of nitrogens with two attached hydrogens (primary N) is 1. The molecule has 1 fully saturated rings. The summed E-state index contributed by atoms with van der Waals surface area (Å²) in [6.07, 6.45) is 3.86. The molecule has 3 rings (SSSR count). The molecule has 0 unspecified atom stereocenters. The first kappa shape index (κ1) is 16.9. The van der Waals surface area contributed by atoms with E-state index in [0.29, 0.717) is 18.7 Å². The lowest BCUT2D eigenvalue weighted by Crippen LogP contribution is -2.36. The molecule has 25 heavy (non-hydrogen) atoms. The summed E-state index contributed by atoms with van der Waals surface area (Å²) in [5.74, 6) is 0.0111. The van der Waals surface area contributed by atoms with Crippen LogP contribution in [-0.2, 0) is 6.54 Å². The van der Waals surface area contributed by atoms with Crippen LogP contribution >= 0.6 is 0 Å². The highest BCUT2D eigenvalue weighted by Crippen LogP contribution is 2.13. The number of anilines is 1. The molecule has 128 valence electrons. The molecule has 2 aromatic rings. The molecule has 0 atom stereocenters. The molecule has 7 heteroatoms. The average molecular weight is 336 g/mol. The number of amides is 1. The quantitative estimate of drug-likeness (QED) is 0.906. The lowest BCUT2D eigenvalue weighted by molar-refractivity contribution is 0.0756. The second kappa shape index (κ2) is 7.73. The van der Waals surface area contributed by atoms with Gasteiger partial charge in [-0.2, -0.15) is 5.26 Å². The van der Waals surface area contributed by atoms with Crippen molar-refractivity contribution in [2.45, 2.75) is 13.0 Å². The molecule has 2 N–H and O–H groups in total. The summed E-state index contributed by atoms with van der Waals surface area (Å²) in [6.45, 7) is 3.82. The van der Waals surface area contributed by atoms with Crippen molar-refractivity contribution in [3.8, 4) is 6.07 Å². The van der Waals surface area contributed by atoms with Gasteiger partial charge >= 0.3 is 0 Å². The van der Waals surface area contributed by atoms with Crippen molar-refractivity contribution in [1.82, 2.24) is 19.8 Å². The van der Waals surface area contributed by atoms with Crippen molar-refractivity contribution < 1.29 is 4.79 Å². The maximum Gasteiger partial charge on any atom is 0.276 e. The first-order valence-electron chi connectivity index (χ1n) is 8.24. The Kier molecular flexibility index (Phi) is 5.21. The van der Waals surface area contributed by atoms with Gasteiger partial charge in [0.1, 0.15) is 0 Å². The van der Waals surface area contributed by atoms with Gasteiger partial charge in [-0.1, -0.05) is 12.1 Å². The van der Waals surface area contributed by atoms with Crippen molar-refractivity contribution in [3.05, 3.63) is 53.5 Å². The zero-order valence-electron chi connectivity index (χ0n) is 13.9. The second-order valence-corrected chi connectivity index (χ2v) is 6.02. The minimum atomic E-state index is -0.161. The molecule has 0 aliphatic carbocycles. The van der Waals surface area contributed by atoms with E-state index in [1.807, 2.05) is 24.3 Å². The molecular weight excluding hydrogens is 316 g/mol. The zero-order valence-corrected chi connectivity index (χ0v) is 13.9. The van der Waals surface area contributed by atoms with Gasteiger partial charge in [0, 0.05) is 45.1 Å². The van der Waals surface area contributed by atoms with Gasteiger partial charge in [-0.15, -0.1) is 0 Å². The Morgan fingerprint density at radius 1 is 1.12 bits per heavy atom. The van der Waals surface area contributed by atoms with E-state index in [0.717, 1.165) is 31.6 Å². The Bertz CT molecular complexity index is 783. The van der Waals surface area contributed by atoms with Crippen molar-refractivity contribution in [2.24, 2.45) is 0 Å². The number of nitriles is 1. The third-order valence-electron chi connectivity index (χ3n) is 4.29. The first-order valence-corrected chi connectivity index (χ1v) is 8.24. The molecule has 0 saturated carbocycles. The predicted octanol–water partition coefficient (Wildman–Crippen LogP) is 1.28. The van der Waals surface area contributed by atoms with E-state index in [-0.39, 0.29) is 17.4 Å². The number of hydrogen-bond donors (Lipinski definition) is 1. The molecule has 1 amide bonds. The van der Waals surface area contributed by atoms with Gasteiger partial charge in [-0.25, -0.2) is 9.97 Å². The number of carbonyl (C=O) groups excluding carboxylic acids is 1. The number of carbonyl (C=O) groups is 1. The second-order valence-electron chi connectivity index (χ2n) is 6.02. The van der Waals surface area contributed by atoms with Gasteiger partial charge in [0.2, 0.25) is 0 Å². The Labute approximate surface area is 146 Å². The van der Waals surface area contributed by atoms with Crippen LogP contribution in [0.2, 0.25) is 0 Å². The summed E-state index contributed by atoms with van der Waals surface area (Å²) in [7, 11) is 0. The summed E-state index contributed by atoms with van der Waals surface area (Å²) in [5, 5.41) is 8.87. The van der Waals surface area contributed by atoms with Gasteiger partial charge < -0.3 is 10.6 Å². The number of aromatic nitrogens is 2. The van der Waals surface area contributed by atoms with E-state index in [2.05, 4.69) is 20.9 Å². The van der Waals surface area contributed by atoms with E-state index < -0.39 is 0 Å². The van der Waals surface area contributed by atoms with Gasteiger partial charge in [-0.05, 0) is 24.1 Å². The minimum absolute atomic E-state index is 0.161. The van der Waals surface area contributed by atoms with Crippen LogP contribution < -0.4 is 5.73 Å². The third kappa shape index (κ3) is 4.11. The molecule has 1 aliphatic heterocycles. The summed E-state index contributed by atoms with van der Waals surface area (Å²) in [6, 6.07) is 9.75. The van der Waals surface area contributed by atoms with E-state index in [9.17, 15) is 4.79 Å². The van der Waals surface area contributed by atoms with Gasteiger partial charge in [-0.3, -0.25) is 9.69 Å². The number of nitrogens with zero attached hydrogens (tertiary/aromatic N) is 5. The van der Waals surface area contributed by atoms with Crippen molar-refractivity contribution >= 4 is 11.7 Å². The molecule has 2 heterocycles. The van der Waals surface area contributed by atoms with E-state index in [4.69, 9.17) is 11.0 Å². The lowest BCUT2D eigenvalue weighted by Gasteiger charge is -2.22. The molecular formula is C18H20N6O. The maximum atomic E-state index is 12.6. The van der Waals surface area contributed by atoms with Crippen molar-refractivity contribution in [3.63, 3.8) is 0 Å². The average Bonchev–Trinajstić information content (AvgIpc) is 2.88. The molecule has 1 saturated heterocycles. The van der Waals surface area contributed by atoms with Gasteiger partial charge in [0.25, 0.3) is 5.91 Å². The zero-order chi connectivity index (χ0) is 17.6. The summed E-state index contributed by atoms with van der Waals surface area (Å²) in [5.41, 5.74) is 7.82. The topological polar surface area (TPSA) is 99.1 Å². The summed E-state index contributed by atoms with van der Waals surface area (Å²) in [4.78, 5) is 24.7. The number of benzene rings is 1. The van der Waals surface area contributed by atoms with Crippen LogP contribution in [0.4, 0.5) is 5.82 Å². The van der Waals surface area contributed by atoms with Crippen LogP contribution in [-0.4, -0.2) is 51.9 Å².